The molecule has 0 rings (SSSR count). The molecule has 0 bridgehead atoms. The molecule has 0 amide bonds. The summed E-state index contributed by atoms with van der Waals surface area (Å²) in [5.41, 5.74) is 0. The Bertz CT molecular complexity index is 101. The number of hydrogen-bond donors (Lipinski definition) is 1. The minimum Gasteiger partial charge on any atom is -0.179 e. The number of thiol groups is 1. The van der Waals surface area contributed by atoms with Gasteiger partial charge in [-0.15, -0.1) is 0 Å². The van der Waals surface area contributed by atoms with Gasteiger partial charge in [-0.1, -0.05) is 65.2 Å². The SMILES string of the molecule is CCCCCCCCCC(C)CCS. The zero-order valence-corrected chi connectivity index (χ0v) is 11.0. The molecule has 0 aliphatic rings. The summed E-state index contributed by atoms with van der Waals surface area (Å²) in [4.78, 5) is 0. The van der Waals surface area contributed by atoms with Crippen LogP contribution in [0.3, 0.4) is 0 Å². The average Bonchev–Trinajstić information content (AvgIpc) is 2.17. The fourth-order valence-corrected chi connectivity index (χ4v) is 2.26. The lowest BCUT2D eigenvalue weighted by Crippen LogP contribution is -1.95. The minimum absolute atomic E-state index is 0.892. The van der Waals surface area contributed by atoms with Crippen molar-refractivity contribution in [3.63, 3.8) is 0 Å². The Labute approximate surface area is 96.3 Å². The van der Waals surface area contributed by atoms with Gasteiger partial charge in [-0.2, -0.15) is 12.6 Å². The zero-order valence-electron chi connectivity index (χ0n) is 10.1. The Kier molecular flexibility index (Phi) is 11.7. The highest BCUT2D eigenvalue weighted by Crippen LogP contribution is 2.15. The van der Waals surface area contributed by atoms with Crippen molar-refractivity contribution in [3.8, 4) is 0 Å². The predicted octanol–water partition coefficient (Wildman–Crippen LogP) is 5.08. The fourth-order valence-electron chi connectivity index (χ4n) is 1.81. The summed E-state index contributed by atoms with van der Waals surface area (Å²) in [5.74, 6) is 1.95. The van der Waals surface area contributed by atoms with Crippen LogP contribution in [0.15, 0.2) is 0 Å². The van der Waals surface area contributed by atoms with Crippen molar-refractivity contribution in [2.75, 3.05) is 5.75 Å². The van der Waals surface area contributed by atoms with Gasteiger partial charge in [0, 0.05) is 0 Å². The Hall–Kier alpha value is 0.350. The van der Waals surface area contributed by atoms with Crippen molar-refractivity contribution in [1.82, 2.24) is 0 Å². The molecule has 0 radical (unpaired) electrons. The molecule has 0 saturated carbocycles. The van der Waals surface area contributed by atoms with Crippen LogP contribution in [0.2, 0.25) is 0 Å². The molecule has 1 heteroatoms. The molecule has 0 fully saturated rings. The second-order valence-electron chi connectivity index (χ2n) is 4.53. The molecule has 1 atom stereocenters. The van der Waals surface area contributed by atoms with Crippen molar-refractivity contribution in [2.24, 2.45) is 5.92 Å². The maximum Gasteiger partial charge on any atom is -0.00954 e. The normalized spacial score (nSPS) is 13.1. The standard InChI is InChI=1S/C13H28S/c1-3-4-5-6-7-8-9-10-13(2)11-12-14/h13-14H,3-12H2,1-2H3. The molecule has 0 nitrogen and oxygen atoms in total. The van der Waals surface area contributed by atoms with Gasteiger partial charge >= 0.3 is 0 Å². The first-order valence-electron chi connectivity index (χ1n) is 6.42. The van der Waals surface area contributed by atoms with Gasteiger partial charge in [-0.3, -0.25) is 0 Å². The van der Waals surface area contributed by atoms with Crippen LogP contribution in [0, 0.1) is 5.92 Å². The van der Waals surface area contributed by atoms with E-state index in [1.807, 2.05) is 0 Å². The average molecular weight is 216 g/mol. The van der Waals surface area contributed by atoms with E-state index in [-0.39, 0.29) is 0 Å². The molecular weight excluding hydrogens is 188 g/mol. The minimum atomic E-state index is 0.892. The Morgan fingerprint density at radius 1 is 0.857 bits per heavy atom. The summed E-state index contributed by atoms with van der Waals surface area (Å²) in [6.45, 7) is 4.63. The van der Waals surface area contributed by atoms with Crippen LogP contribution in [0.1, 0.15) is 71.6 Å². The molecule has 0 aromatic rings. The highest BCUT2D eigenvalue weighted by molar-refractivity contribution is 7.80. The Balaban J connectivity index is 2.98. The van der Waals surface area contributed by atoms with E-state index in [2.05, 4.69) is 26.5 Å². The highest BCUT2D eigenvalue weighted by atomic mass is 32.1. The van der Waals surface area contributed by atoms with Crippen molar-refractivity contribution < 1.29 is 0 Å². The lowest BCUT2D eigenvalue weighted by Gasteiger charge is -2.08. The van der Waals surface area contributed by atoms with Gasteiger partial charge in [0.05, 0.1) is 0 Å². The van der Waals surface area contributed by atoms with Gasteiger partial charge < -0.3 is 0 Å². The molecule has 86 valence electrons. The van der Waals surface area contributed by atoms with Gasteiger partial charge in [0.1, 0.15) is 0 Å². The third kappa shape index (κ3) is 10.4. The molecule has 0 aromatic heterocycles. The van der Waals surface area contributed by atoms with Gasteiger partial charge in [0.15, 0.2) is 0 Å². The molecule has 0 heterocycles. The largest absolute Gasteiger partial charge is 0.179 e. The molecule has 0 N–H and O–H groups in total. The van der Waals surface area contributed by atoms with E-state index in [9.17, 15) is 0 Å². The van der Waals surface area contributed by atoms with E-state index in [1.165, 1.54) is 57.8 Å². The number of rotatable bonds is 10. The van der Waals surface area contributed by atoms with Crippen molar-refractivity contribution >= 4 is 12.6 Å². The number of unbranched alkanes of at least 4 members (excludes halogenated alkanes) is 6. The molecule has 0 saturated heterocycles. The predicted molar refractivity (Wildman–Crippen MR) is 70.2 cm³/mol. The van der Waals surface area contributed by atoms with E-state index in [1.54, 1.807) is 0 Å². The number of hydrogen-bond acceptors (Lipinski definition) is 1. The third-order valence-corrected chi connectivity index (χ3v) is 3.18. The van der Waals surface area contributed by atoms with E-state index >= 15 is 0 Å². The van der Waals surface area contributed by atoms with Crippen LogP contribution in [-0.4, -0.2) is 5.75 Å². The molecule has 0 aliphatic heterocycles. The fraction of sp³-hybridized carbons (Fsp3) is 1.00. The first kappa shape index (κ1) is 14.3. The van der Waals surface area contributed by atoms with Gasteiger partial charge in [-0.05, 0) is 18.1 Å². The van der Waals surface area contributed by atoms with Crippen LogP contribution in [-0.2, 0) is 0 Å². The second-order valence-corrected chi connectivity index (χ2v) is 4.97. The van der Waals surface area contributed by atoms with Crippen molar-refractivity contribution in [3.05, 3.63) is 0 Å². The lowest BCUT2D eigenvalue weighted by molar-refractivity contribution is 0.473. The molecule has 0 aromatic carbocycles. The maximum atomic E-state index is 4.26. The van der Waals surface area contributed by atoms with Crippen LogP contribution in [0.5, 0.6) is 0 Å². The van der Waals surface area contributed by atoms with Crippen LogP contribution < -0.4 is 0 Å². The van der Waals surface area contributed by atoms with Gasteiger partial charge in [-0.25, -0.2) is 0 Å². The molecule has 14 heavy (non-hydrogen) atoms. The van der Waals surface area contributed by atoms with Crippen LogP contribution in [0.25, 0.3) is 0 Å². The summed E-state index contributed by atoms with van der Waals surface area (Å²) >= 11 is 4.26. The van der Waals surface area contributed by atoms with E-state index in [0.717, 1.165) is 11.7 Å². The van der Waals surface area contributed by atoms with E-state index < -0.39 is 0 Å². The second kappa shape index (κ2) is 11.4. The molecule has 0 aliphatic carbocycles. The zero-order chi connectivity index (χ0) is 10.6. The third-order valence-electron chi connectivity index (χ3n) is 2.92. The first-order chi connectivity index (χ1) is 6.81. The summed E-state index contributed by atoms with van der Waals surface area (Å²) in [6.07, 6.45) is 12.7. The Morgan fingerprint density at radius 3 is 2.00 bits per heavy atom. The van der Waals surface area contributed by atoms with Crippen LogP contribution >= 0.6 is 12.6 Å². The highest BCUT2D eigenvalue weighted by Gasteiger charge is 1.99. The van der Waals surface area contributed by atoms with E-state index in [4.69, 9.17) is 0 Å². The molecular formula is C13H28S. The van der Waals surface area contributed by atoms with Crippen molar-refractivity contribution in [1.29, 1.82) is 0 Å². The summed E-state index contributed by atoms with van der Waals surface area (Å²) in [6, 6.07) is 0. The summed E-state index contributed by atoms with van der Waals surface area (Å²) in [5, 5.41) is 0. The quantitative estimate of drug-likeness (QED) is 0.382. The maximum absolute atomic E-state index is 4.26. The molecule has 1 unspecified atom stereocenters. The smallest absolute Gasteiger partial charge is 0.00954 e. The Morgan fingerprint density at radius 2 is 1.43 bits per heavy atom. The van der Waals surface area contributed by atoms with Crippen LogP contribution in [0.4, 0.5) is 0 Å². The topological polar surface area (TPSA) is 0 Å². The first-order valence-corrected chi connectivity index (χ1v) is 7.05. The van der Waals surface area contributed by atoms with E-state index in [0.29, 0.717) is 0 Å². The lowest BCUT2D eigenvalue weighted by atomic mass is 10.00. The summed E-state index contributed by atoms with van der Waals surface area (Å²) in [7, 11) is 0. The summed E-state index contributed by atoms with van der Waals surface area (Å²) < 4.78 is 0. The van der Waals surface area contributed by atoms with Crippen molar-refractivity contribution in [2.45, 2.75) is 71.6 Å². The molecule has 0 spiro atoms. The van der Waals surface area contributed by atoms with Gasteiger partial charge in [0.2, 0.25) is 0 Å². The monoisotopic (exact) mass is 216 g/mol. The van der Waals surface area contributed by atoms with Gasteiger partial charge in [0.25, 0.3) is 0 Å².